The van der Waals surface area contributed by atoms with Gasteiger partial charge in [-0.05, 0) is 23.8 Å². The third-order valence-electron chi connectivity index (χ3n) is 2.91. The monoisotopic (exact) mass is 272 g/mol. The van der Waals surface area contributed by atoms with Crippen molar-refractivity contribution in [1.82, 2.24) is 0 Å². The van der Waals surface area contributed by atoms with Crippen molar-refractivity contribution in [3.63, 3.8) is 0 Å². The van der Waals surface area contributed by atoms with Crippen molar-refractivity contribution in [2.24, 2.45) is 0 Å². The number of rotatable bonds is 6. The smallest absolute Gasteiger partial charge is 0.153 e. The van der Waals surface area contributed by atoms with Gasteiger partial charge >= 0.3 is 0 Å². The number of methoxy groups -OCH3 is 1. The average molecular weight is 272 g/mol. The molecule has 0 fully saturated rings. The van der Waals surface area contributed by atoms with Gasteiger partial charge in [0.25, 0.3) is 0 Å². The lowest BCUT2D eigenvalue weighted by Gasteiger charge is -2.12. The van der Waals surface area contributed by atoms with Gasteiger partial charge in [-0.2, -0.15) is 0 Å². The van der Waals surface area contributed by atoms with Gasteiger partial charge in [0.15, 0.2) is 6.29 Å². The molecule has 0 saturated carbocycles. The number of carbonyl (C=O) groups excluding carboxylic acids is 1. The predicted octanol–water partition coefficient (Wildman–Crippen LogP) is 2.55. The number of ether oxygens (including phenoxy) is 2. The maximum atomic E-state index is 10.9. The van der Waals surface area contributed by atoms with E-state index in [1.807, 2.05) is 30.3 Å². The molecule has 0 atom stereocenters. The fraction of sp³-hybridized carbons (Fsp3) is 0.188. The number of hydrogen-bond acceptors (Lipinski definition) is 4. The molecule has 0 spiro atoms. The molecule has 20 heavy (non-hydrogen) atoms. The van der Waals surface area contributed by atoms with Crippen molar-refractivity contribution in [3.05, 3.63) is 48.0 Å². The van der Waals surface area contributed by atoms with Gasteiger partial charge in [0.05, 0.1) is 19.3 Å². The lowest BCUT2D eigenvalue weighted by Crippen LogP contribution is -2.02. The Kier molecular flexibility index (Phi) is 4.74. The molecule has 1 N–H and O–H groups in total. The van der Waals surface area contributed by atoms with Crippen LogP contribution in [0, 0.1) is 0 Å². The lowest BCUT2D eigenvalue weighted by molar-refractivity contribution is 0.112. The number of carbonyl (C=O) groups is 1. The summed E-state index contributed by atoms with van der Waals surface area (Å²) in [5, 5.41) is 8.86. The first-order chi connectivity index (χ1) is 9.80. The van der Waals surface area contributed by atoms with Crippen molar-refractivity contribution in [2.45, 2.75) is 0 Å². The van der Waals surface area contributed by atoms with Crippen molar-refractivity contribution >= 4 is 6.29 Å². The van der Waals surface area contributed by atoms with Crippen molar-refractivity contribution in [1.29, 1.82) is 0 Å². The molecule has 0 aliphatic carbocycles. The molecular formula is C16H16O4. The van der Waals surface area contributed by atoms with E-state index >= 15 is 0 Å². The van der Waals surface area contributed by atoms with E-state index in [2.05, 4.69) is 0 Å². The highest BCUT2D eigenvalue weighted by molar-refractivity contribution is 5.82. The number of aliphatic hydroxyl groups is 1. The van der Waals surface area contributed by atoms with Crippen LogP contribution in [-0.4, -0.2) is 31.7 Å². The molecule has 4 heteroatoms. The van der Waals surface area contributed by atoms with Crippen LogP contribution in [0.1, 0.15) is 10.4 Å². The summed E-state index contributed by atoms with van der Waals surface area (Å²) in [6.45, 7) is 0.197. The van der Waals surface area contributed by atoms with Crippen LogP contribution < -0.4 is 9.47 Å². The zero-order valence-corrected chi connectivity index (χ0v) is 11.2. The summed E-state index contributed by atoms with van der Waals surface area (Å²) in [5.41, 5.74) is 2.28. The fourth-order valence-electron chi connectivity index (χ4n) is 1.96. The summed E-state index contributed by atoms with van der Waals surface area (Å²) in [7, 11) is 1.53. The van der Waals surface area contributed by atoms with E-state index < -0.39 is 0 Å². The van der Waals surface area contributed by atoms with Gasteiger partial charge < -0.3 is 14.6 Å². The van der Waals surface area contributed by atoms with Gasteiger partial charge in [0.1, 0.15) is 18.1 Å². The normalized spacial score (nSPS) is 10.1. The summed E-state index contributed by atoms with van der Waals surface area (Å²) in [4.78, 5) is 10.9. The summed E-state index contributed by atoms with van der Waals surface area (Å²) in [5.74, 6) is 1.21. The molecule has 0 bridgehead atoms. The Hall–Kier alpha value is -2.33. The maximum absolute atomic E-state index is 10.9. The molecule has 104 valence electrons. The summed E-state index contributed by atoms with van der Waals surface area (Å²) in [6, 6.07) is 12.9. The third-order valence-corrected chi connectivity index (χ3v) is 2.91. The zero-order valence-electron chi connectivity index (χ0n) is 11.2. The molecule has 2 rings (SSSR count). The highest BCUT2D eigenvalue weighted by atomic mass is 16.5. The number of aldehydes is 1. The quantitative estimate of drug-likeness (QED) is 0.821. The van der Waals surface area contributed by atoms with E-state index in [1.54, 1.807) is 12.1 Å². The Morgan fingerprint density at radius 2 is 1.95 bits per heavy atom. The van der Waals surface area contributed by atoms with Crippen LogP contribution in [0.2, 0.25) is 0 Å². The summed E-state index contributed by atoms with van der Waals surface area (Å²) >= 11 is 0. The van der Waals surface area contributed by atoms with E-state index in [-0.39, 0.29) is 13.2 Å². The molecular weight excluding hydrogens is 256 g/mol. The highest BCUT2D eigenvalue weighted by Gasteiger charge is 2.09. The topological polar surface area (TPSA) is 55.8 Å². The first kappa shape index (κ1) is 14.1. The van der Waals surface area contributed by atoms with Crippen molar-refractivity contribution in [3.8, 4) is 22.6 Å². The largest absolute Gasteiger partial charge is 0.496 e. The van der Waals surface area contributed by atoms with Gasteiger partial charge in [-0.3, -0.25) is 4.79 Å². The van der Waals surface area contributed by atoms with Gasteiger partial charge in [-0.15, -0.1) is 0 Å². The minimum Gasteiger partial charge on any atom is -0.496 e. The number of benzene rings is 2. The van der Waals surface area contributed by atoms with Gasteiger partial charge in [-0.25, -0.2) is 0 Å². The lowest BCUT2D eigenvalue weighted by atomic mass is 10.0. The molecule has 2 aromatic rings. The second-order valence-corrected chi connectivity index (χ2v) is 4.14. The highest BCUT2D eigenvalue weighted by Crippen LogP contribution is 2.32. The second kappa shape index (κ2) is 6.73. The van der Waals surface area contributed by atoms with Crippen molar-refractivity contribution in [2.75, 3.05) is 20.3 Å². The molecule has 0 aliphatic rings. The van der Waals surface area contributed by atoms with Crippen LogP contribution in [0.25, 0.3) is 11.1 Å². The standard InChI is InChI=1S/C16H16O4/c1-19-16-10-12(6-7-13(16)11-18)14-4-2-3-5-15(14)20-9-8-17/h2-7,10-11,17H,8-9H2,1H3. The Balaban J connectivity index is 2.43. The average Bonchev–Trinajstić information content (AvgIpc) is 2.52. The van der Waals surface area contributed by atoms with E-state index in [1.165, 1.54) is 7.11 Å². The number of para-hydroxylation sites is 1. The van der Waals surface area contributed by atoms with Gasteiger partial charge in [0, 0.05) is 5.56 Å². The van der Waals surface area contributed by atoms with Crippen LogP contribution in [0.4, 0.5) is 0 Å². The van der Waals surface area contributed by atoms with Crippen LogP contribution in [0.15, 0.2) is 42.5 Å². The van der Waals surface area contributed by atoms with Gasteiger partial charge in [-0.1, -0.05) is 24.3 Å². The van der Waals surface area contributed by atoms with Crippen molar-refractivity contribution < 1.29 is 19.4 Å². The van der Waals surface area contributed by atoms with E-state index in [0.717, 1.165) is 17.4 Å². The Bertz CT molecular complexity index is 593. The molecule has 0 aliphatic heterocycles. The molecule has 0 radical (unpaired) electrons. The molecule has 0 unspecified atom stereocenters. The first-order valence-electron chi connectivity index (χ1n) is 6.26. The molecule has 0 saturated heterocycles. The molecule has 0 heterocycles. The molecule has 2 aromatic carbocycles. The molecule has 0 amide bonds. The minimum atomic E-state index is -0.0399. The number of aliphatic hydroxyl groups excluding tert-OH is 1. The van der Waals surface area contributed by atoms with E-state index in [4.69, 9.17) is 14.6 Å². The minimum absolute atomic E-state index is 0.0399. The van der Waals surface area contributed by atoms with Crippen LogP contribution in [-0.2, 0) is 0 Å². The van der Waals surface area contributed by atoms with Crippen LogP contribution >= 0.6 is 0 Å². The van der Waals surface area contributed by atoms with E-state index in [0.29, 0.717) is 17.1 Å². The third kappa shape index (κ3) is 2.97. The summed E-state index contributed by atoms with van der Waals surface area (Å²) < 4.78 is 10.7. The Labute approximate surface area is 117 Å². The second-order valence-electron chi connectivity index (χ2n) is 4.14. The zero-order chi connectivity index (χ0) is 14.4. The Morgan fingerprint density at radius 3 is 2.65 bits per heavy atom. The molecule has 0 aromatic heterocycles. The van der Waals surface area contributed by atoms with Crippen LogP contribution in [0.3, 0.4) is 0 Å². The maximum Gasteiger partial charge on any atom is 0.153 e. The Morgan fingerprint density at radius 1 is 1.15 bits per heavy atom. The SMILES string of the molecule is COc1cc(-c2ccccc2OCCO)ccc1C=O. The molecule has 4 nitrogen and oxygen atoms in total. The first-order valence-corrected chi connectivity index (χ1v) is 6.26. The van der Waals surface area contributed by atoms with Crippen LogP contribution in [0.5, 0.6) is 11.5 Å². The van der Waals surface area contributed by atoms with E-state index in [9.17, 15) is 4.79 Å². The van der Waals surface area contributed by atoms with Gasteiger partial charge in [0.2, 0.25) is 0 Å². The fourth-order valence-corrected chi connectivity index (χ4v) is 1.96. The predicted molar refractivity (Wildman–Crippen MR) is 76.4 cm³/mol. The summed E-state index contributed by atoms with van der Waals surface area (Å²) in [6.07, 6.45) is 0.761. The number of hydrogen-bond donors (Lipinski definition) is 1.